The number of amides is 1. The number of carbonyl (C=O) groups is 1. The van der Waals surface area contributed by atoms with Crippen molar-refractivity contribution in [3.63, 3.8) is 0 Å². The number of para-hydroxylation sites is 1. The van der Waals surface area contributed by atoms with Crippen molar-refractivity contribution in [2.24, 2.45) is 0 Å². The van der Waals surface area contributed by atoms with Crippen LogP contribution in [-0.2, 0) is 4.79 Å². The van der Waals surface area contributed by atoms with Crippen LogP contribution in [0.15, 0.2) is 35.5 Å². The number of aromatic nitrogens is 4. The van der Waals surface area contributed by atoms with E-state index >= 15 is 0 Å². The van der Waals surface area contributed by atoms with E-state index in [0.29, 0.717) is 5.69 Å². The minimum Gasteiger partial charge on any atom is -0.320 e. The van der Waals surface area contributed by atoms with E-state index in [9.17, 15) is 26.7 Å². The molecule has 0 aliphatic rings. The number of benzene rings is 2. The third kappa shape index (κ3) is 3.74. The number of nitrogens with one attached hydrogen (secondary N) is 1. The van der Waals surface area contributed by atoms with E-state index in [-0.39, 0.29) is 5.16 Å². The van der Waals surface area contributed by atoms with Crippen LogP contribution < -0.4 is 5.32 Å². The van der Waals surface area contributed by atoms with Gasteiger partial charge in [-0.3, -0.25) is 4.79 Å². The topological polar surface area (TPSA) is 72.7 Å². The fourth-order valence-electron chi connectivity index (χ4n) is 2.02. The molecule has 1 amide bonds. The molecule has 3 rings (SSSR count). The number of carbonyl (C=O) groups excluding carboxylic acids is 1. The van der Waals surface area contributed by atoms with Crippen molar-refractivity contribution in [1.82, 2.24) is 20.2 Å². The molecule has 1 heterocycles. The molecule has 140 valence electrons. The van der Waals surface area contributed by atoms with E-state index in [1.165, 1.54) is 4.68 Å². The molecule has 0 atom stereocenters. The largest absolute Gasteiger partial charge is 0.320 e. The molecule has 0 fully saturated rings. The molecule has 12 heteroatoms. The lowest BCUT2D eigenvalue weighted by Crippen LogP contribution is -2.18. The van der Waals surface area contributed by atoms with Gasteiger partial charge >= 0.3 is 0 Å². The van der Waals surface area contributed by atoms with Gasteiger partial charge in [0.1, 0.15) is 5.69 Å². The average molecular weight is 401 g/mol. The second-order valence-electron chi connectivity index (χ2n) is 4.99. The number of nitrogens with zero attached hydrogens (tertiary/aromatic N) is 4. The molecular formula is C15H8F5N5OS. The Bertz CT molecular complexity index is 969. The predicted octanol–water partition coefficient (Wildman–Crippen LogP) is 3.09. The van der Waals surface area contributed by atoms with Gasteiger partial charge in [0.05, 0.1) is 11.4 Å². The molecule has 0 aliphatic carbocycles. The summed E-state index contributed by atoms with van der Waals surface area (Å²) in [6, 6.07) is 8.66. The van der Waals surface area contributed by atoms with Crippen molar-refractivity contribution < 1.29 is 26.7 Å². The minimum atomic E-state index is -2.31. The quantitative estimate of drug-likeness (QED) is 0.308. The van der Waals surface area contributed by atoms with Gasteiger partial charge in [-0.15, -0.1) is 5.10 Å². The third-order valence-electron chi connectivity index (χ3n) is 3.25. The van der Waals surface area contributed by atoms with Gasteiger partial charge in [0, 0.05) is 0 Å². The lowest BCUT2D eigenvalue weighted by molar-refractivity contribution is -0.113. The summed E-state index contributed by atoms with van der Waals surface area (Å²) in [4.78, 5) is 11.9. The van der Waals surface area contributed by atoms with Crippen molar-refractivity contribution in [3.8, 4) is 5.69 Å². The van der Waals surface area contributed by atoms with Crippen LogP contribution in [-0.4, -0.2) is 31.9 Å². The van der Waals surface area contributed by atoms with Crippen molar-refractivity contribution in [2.45, 2.75) is 5.16 Å². The van der Waals surface area contributed by atoms with Crippen molar-refractivity contribution in [3.05, 3.63) is 59.4 Å². The maximum Gasteiger partial charge on any atom is 0.235 e. The van der Waals surface area contributed by atoms with Gasteiger partial charge < -0.3 is 5.32 Å². The van der Waals surface area contributed by atoms with Crippen LogP contribution in [0.4, 0.5) is 27.6 Å². The Morgan fingerprint density at radius 2 is 1.56 bits per heavy atom. The van der Waals surface area contributed by atoms with Gasteiger partial charge in [-0.1, -0.05) is 30.0 Å². The first-order valence-corrected chi connectivity index (χ1v) is 8.16. The van der Waals surface area contributed by atoms with Crippen LogP contribution in [0, 0.1) is 29.1 Å². The van der Waals surface area contributed by atoms with E-state index in [1.54, 1.807) is 35.6 Å². The Hall–Kier alpha value is -3.02. The van der Waals surface area contributed by atoms with Crippen molar-refractivity contribution in [2.75, 3.05) is 11.1 Å². The summed E-state index contributed by atoms with van der Waals surface area (Å²) >= 11 is 0.808. The number of tetrazole rings is 1. The lowest BCUT2D eigenvalue weighted by atomic mass is 10.2. The van der Waals surface area contributed by atoms with Gasteiger partial charge in [0.25, 0.3) is 0 Å². The van der Waals surface area contributed by atoms with Crippen LogP contribution in [0.3, 0.4) is 0 Å². The van der Waals surface area contributed by atoms with Crippen LogP contribution in [0.5, 0.6) is 0 Å². The second kappa shape index (κ2) is 7.70. The molecule has 3 aromatic rings. The first-order valence-electron chi connectivity index (χ1n) is 7.18. The predicted molar refractivity (Wildman–Crippen MR) is 84.7 cm³/mol. The van der Waals surface area contributed by atoms with Crippen LogP contribution in [0.1, 0.15) is 0 Å². The molecule has 0 spiro atoms. The molecule has 1 aromatic heterocycles. The van der Waals surface area contributed by atoms with Gasteiger partial charge in [0.15, 0.2) is 23.3 Å². The number of halogens is 5. The molecular weight excluding hydrogens is 393 g/mol. The minimum absolute atomic E-state index is 0.189. The zero-order valence-electron chi connectivity index (χ0n) is 13.1. The first-order chi connectivity index (χ1) is 12.9. The van der Waals surface area contributed by atoms with E-state index in [2.05, 4.69) is 15.5 Å². The number of anilines is 1. The van der Waals surface area contributed by atoms with E-state index < -0.39 is 46.4 Å². The molecule has 1 N–H and O–H groups in total. The maximum absolute atomic E-state index is 13.6. The van der Waals surface area contributed by atoms with Crippen LogP contribution >= 0.6 is 11.8 Å². The summed E-state index contributed by atoms with van der Waals surface area (Å²) < 4.78 is 67.8. The summed E-state index contributed by atoms with van der Waals surface area (Å²) in [5.41, 5.74) is -0.815. The highest BCUT2D eigenvalue weighted by Gasteiger charge is 2.27. The Balaban J connectivity index is 1.73. The highest BCUT2D eigenvalue weighted by Crippen LogP contribution is 2.27. The third-order valence-corrected chi connectivity index (χ3v) is 4.17. The molecule has 0 saturated carbocycles. The fraction of sp³-hybridized carbons (Fsp3) is 0.0667. The normalized spacial score (nSPS) is 10.9. The van der Waals surface area contributed by atoms with Gasteiger partial charge in [-0.25, -0.2) is 22.0 Å². The molecule has 0 unspecified atom stereocenters. The first kappa shape index (κ1) is 18.8. The summed E-state index contributed by atoms with van der Waals surface area (Å²) in [5.74, 6) is -12.3. The molecule has 0 saturated heterocycles. The molecule has 2 aromatic carbocycles. The standard InChI is InChI=1S/C15H8F5N5OS/c16-9-10(17)12(19)14(13(20)11(9)18)21-8(26)6-27-15-22-23-24-25(15)7-4-2-1-3-5-7/h1-5H,6H2,(H,21,26). The van der Waals surface area contributed by atoms with E-state index in [0.717, 1.165) is 11.8 Å². The van der Waals surface area contributed by atoms with Crippen LogP contribution in [0.25, 0.3) is 5.69 Å². The van der Waals surface area contributed by atoms with Gasteiger partial charge in [0.2, 0.25) is 16.9 Å². The van der Waals surface area contributed by atoms with E-state index in [1.807, 2.05) is 0 Å². The molecule has 0 radical (unpaired) electrons. The summed E-state index contributed by atoms with van der Waals surface area (Å²) in [6.45, 7) is 0. The summed E-state index contributed by atoms with van der Waals surface area (Å²) in [7, 11) is 0. The summed E-state index contributed by atoms with van der Waals surface area (Å²) in [6.07, 6.45) is 0. The Morgan fingerprint density at radius 3 is 2.19 bits per heavy atom. The monoisotopic (exact) mass is 401 g/mol. The average Bonchev–Trinajstić information content (AvgIpc) is 3.16. The Kier molecular flexibility index (Phi) is 5.35. The fourth-order valence-corrected chi connectivity index (χ4v) is 2.71. The summed E-state index contributed by atoms with van der Waals surface area (Å²) in [5, 5.41) is 12.8. The second-order valence-corrected chi connectivity index (χ2v) is 5.93. The molecule has 0 aliphatic heterocycles. The molecule has 6 nitrogen and oxygen atoms in total. The Morgan fingerprint density at radius 1 is 0.963 bits per heavy atom. The zero-order chi connectivity index (χ0) is 19.6. The highest BCUT2D eigenvalue weighted by atomic mass is 32.2. The van der Waals surface area contributed by atoms with E-state index in [4.69, 9.17) is 0 Å². The van der Waals surface area contributed by atoms with Gasteiger partial charge in [-0.2, -0.15) is 4.68 Å². The SMILES string of the molecule is O=C(CSc1nnnn1-c1ccccc1)Nc1c(F)c(F)c(F)c(F)c1F. The smallest absolute Gasteiger partial charge is 0.235 e. The zero-order valence-corrected chi connectivity index (χ0v) is 13.9. The lowest BCUT2D eigenvalue weighted by Gasteiger charge is -2.09. The Labute approximate surface area is 152 Å². The number of hydrogen-bond acceptors (Lipinski definition) is 5. The number of rotatable bonds is 5. The maximum atomic E-state index is 13.6. The van der Waals surface area contributed by atoms with Gasteiger partial charge in [-0.05, 0) is 22.6 Å². The molecule has 0 bridgehead atoms. The van der Waals surface area contributed by atoms with Crippen LogP contribution in [0.2, 0.25) is 0 Å². The van der Waals surface area contributed by atoms with Crippen molar-refractivity contribution >= 4 is 23.4 Å². The number of thioether (sulfide) groups is 1. The number of hydrogen-bond donors (Lipinski definition) is 1. The highest BCUT2D eigenvalue weighted by molar-refractivity contribution is 7.99. The molecule has 27 heavy (non-hydrogen) atoms. The van der Waals surface area contributed by atoms with Crippen molar-refractivity contribution in [1.29, 1.82) is 0 Å².